The van der Waals surface area contributed by atoms with Crippen LogP contribution < -0.4 is 5.32 Å². The number of nitrogens with one attached hydrogen (secondary N) is 1. The fourth-order valence-electron chi connectivity index (χ4n) is 3.47. The van der Waals surface area contributed by atoms with Gasteiger partial charge in [-0.05, 0) is 39.8 Å². The quantitative estimate of drug-likeness (QED) is 0.793. The van der Waals surface area contributed by atoms with E-state index in [2.05, 4.69) is 36.0 Å². The topological polar surface area (TPSA) is 38.8 Å². The van der Waals surface area contributed by atoms with Gasteiger partial charge in [-0.1, -0.05) is 0 Å². The lowest BCUT2D eigenvalue weighted by molar-refractivity contribution is -0.142. The van der Waals surface area contributed by atoms with Crippen molar-refractivity contribution in [1.29, 1.82) is 0 Å². The molecule has 5 heteroatoms. The fraction of sp³-hybridized carbons (Fsp3) is 0.933. The minimum Gasteiger partial charge on any atom is -0.344 e. The number of hydrogen-bond acceptors (Lipinski definition) is 4. The highest BCUT2D eigenvalue weighted by Crippen LogP contribution is 2.21. The highest BCUT2D eigenvalue weighted by Gasteiger charge is 2.37. The molecule has 0 spiro atoms. The molecule has 2 aliphatic rings. The van der Waals surface area contributed by atoms with E-state index in [1.54, 1.807) is 0 Å². The van der Waals surface area contributed by atoms with E-state index in [0.29, 0.717) is 5.92 Å². The van der Waals surface area contributed by atoms with E-state index in [4.69, 9.17) is 0 Å². The van der Waals surface area contributed by atoms with E-state index in [1.807, 2.05) is 11.9 Å². The Labute approximate surface area is 123 Å². The third kappa shape index (κ3) is 3.51. The Morgan fingerprint density at radius 2 is 1.95 bits per heavy atom. The minimum absolute atomic E-state index is 0.258. The number of hydrogen-bond donors (Lipinski definition) is 1. The molecule has 2 fully saturated rings. The molecule has 0 aliphatic carbocycles. The van der Waals surface area contributed by atoms with Crippen LogP contribution in [-0.2, 0) is 4.79 Å². The summed E-state index contributed by atoms with van der Waals surface area (Å²) in [5, 5.41) is 3.35. The van der Waals surface area contributed by atoms with Gasteiger partial charge in [-0.3, -0.25) is 9.69 Å². The van der Waals surface area contributed by atoms with Gasteiger partial charge in [0.2, 0.25) is 5.91 Å². The Bertz CT molecular complexity index is 339. The number of carbonyl (C=O) groups is 1. The molecule has 0 radical (unpaired) electrons. The first kappa shape index (κ1) is 15.7. The van der Waals surface area contributed by atoms with Crippen LogP contribution in [0.2, 0.25) is 0 Å². The molecule has 1 N–H and O–H groups in total. The van der Waals surface area contributed by atoms with Crippen molar-refractivity contribution in [2.24, 2.45) is 5.92 Å². The number of likely N-dealkylation sites (tertiary alicyclic amines) is 1. The Morgan fingerprint density at radius 1 is 1.30 bits per heavy atom. The standard InChI is InChI=1S/C15H30N4O/c1-15(2,19-9-6-16-7-10-19)14(20)18(4)12-13-5-8-17(3)11-13/h13,16H,5-12H2,1-4H3. The van der Waals surface area contributed by atoms with Crippen molar-refractivity contribution < 1.29 is 4.79 Å². The third-order valence-corrected chi connectivity index (χ3v) is 4.80. The summed E-state index contributed by atoms with van der Waals surface area (Å²) in [6, 6.07) is 0. The van der Waals surface area contributed by atoms with Crippen molar-refractivity contribution in [3.63, 3.8) is 0 Å². The molecule has 0 saturated carbocycles. The second-order valence-corrected chi connectivity index (χ2v) is 6.90. The maximum atomic E-state index is 12.8. The molecule has 2 aliphatic heterocycles. The van der Waals surface area contributed by atoms with Gasteiger partial charge in [0.25, 0.3) is 0 Å². The molecule has 0 aromatic rings. The van der Waals surface area contributed by atoms with Crippen LogP contribution >= 0.6 is 0 Å². The summed E-state index contributed by atoms with van der Waals surface area (Å²) in [5.74, 6) is 0.890. The van der Waals surface area contributed by atoms with Crippen molar-refractivity contribution in [2.45, 2.75) is 25.8 Å². The van der Waals surface area contributed by atoms with Crippen molar-refractivity contribution in [2.75, 3.05) is 59.9 Å². The summed E-state index contributed by atoms with van der Waals surface area (Å²) >= 11 is 0. The van der Waals surface area contributed by atoms with Crippen LogP contribution in [-0.4, -0.2) is 86.1 Å². The van der Waals surface area contributed by atoms with E-state index in [0.717, 1.165) is 45.8 Å². The minimum atomic E-state index is -0.388. The molecular formula is C15H30N4O. The van der Waals surface area contributed by atoms with Crippen LogP contribution in [0.15, 0.2) is 0 Å². The Morgan fingerprint density at radius 3 is 2.50 bits per heavy atom. The average Bonchev–Trinajstić information content (AvgIpc) is 2.84. The highest BCUT2D eigenvalue weighted by atomic mass is 16.2. The molecule has 2 saturated heterocycles. The first-order chi connectivity index (χ1) is 9.41. The lowest BCUT2D eigenvalue weighted by atomic mass is 9.98. The zero-order valence-corrected chi connectivity index (χ0v) is 13.5. The lowest BCUT2D eigenvalue weighted by Gasteiger charge is -2.42. The molecule has 1 unspecified atom stereocenters. The highest BCUT2D eigenvalue weighted by molar-refractivity contribution is 5.85. The van der Waals surface area contributed by atoms with E-state index in [9.17, 15) is 4.79 Å². The summed E-state index contributed by atoms with van der Waals surface area (Å²) in [6.45, 7) is 11.2. The zero-order valence-electron chi connectivity index (χ0n) is 13.5. The third-order valence-electron chi connectivity index (χ3n) is 4.80. The second-order valence-electron chi connectivity index (χ2n) is 6.90. The van der Waals surface area contributed by atoms with E-state index >= 15 is 0 Å². The predicted molar refractivity (Wildman–Crippen MR) is 81.8 cm³/mol. The summed E-state index contributed by atoms with van der Waals surface area (Å²) in [7, 11) is 4.12. The van der Waals surface area contributed by atoms with Crippen LogP contribution in [0.4, 0.5) is 0 Å². The van der Waals surface area contributed by atoms with E-state index in [1.165, 1.54) is 6.42 Å². The average molecular weight is 282 g/mol. The van der Waals surface area contributed by atoms with E-state index < -0.39 is 0 Å². The first-order valence-corrected chi connectivity index (χ1v) is 7.81. The Balaban J connectivity index is 1.90. The van der Waals surface area contributed by atoms with Gasteiger partial charge in [0.05, 0.1) is 5.54 Å². The number of piperazine rings is 1. The van der Waals surface area contributed by atoms with Crippen LogP contribution in [0, 0.1) is 5.92 Å². The Hall–Kier alpha value is -0.650. The van der Waals surface area contributed by atoms with Gasteiger partial charge in [0.15, 0.2) is 0 Å². The monoisotopic (exact) mass is 282 g/mol. The maximum absolute atomic E-state index is 12.8. The molecular weight excluding hydrogens is 252 g/mol. The van der Waals surface area contributed by atoms with Gasteiger partial charge in [0, 0.05) is 46.3 Å². The van der Waals surface area contributed by atoms with Gasteiger partial charge in [0.1, 0.15) is 0 Å². The van der Waals surface area contributed by atoms with Crippen LogP contribution in [0.1, 0.15) is 20.3 Å². The number of likely N-dealkylation sites (N-methyl/N-ethyl adjacent to an activating group) is 1. The molecule has 0 bridgehead atoms. The first-order valence-electron chi connectivity index (χ1n) is 7.81. The molecule has 116 valence electrons. The van der Waals surface area contributed by atoms with Crippen molar-refractivity contribution in [1.82, 2.24) is 20.0 Å². The van der Waals surface area contributed by atoms with Gasteiger partial charge in [-0.15, -0.1) is 0 Å². The fourth-order valence-corrected chi connectivity index (χ4v) is 3.47. The summed E-state index contributed by atoms with van der Waals surface area (Å²) < 4.78 is 0. The van der Waals surface area contributed by atoms with Crippen LogP contribution in [0.25, 0.3) is 0 Å². The van der Waals surface area contributed by atoms with Crippen molar-refractivity contribution in [3.8, 4) is 0 Å². The zero-order chi connectivity index (χ0) is 14.8. The van der Waals surface area contributed by atoms with Crippen LogP contribution in [0.3, 0.4) is 0 Å². The number of rotatable bonds is 4. The summed E-state index contributed by atoms with van der Waals surface area (Å²) in [6.07, 6.45) is 1.21. The van der Waals surface area contributed by atoms with Crippen LogP contribution in [0.5, 0.6) is 0 Å². The smallest absolute Gasteiger partial charge is 0.242 e. The maximum Gasteiger partial charge on any atom is 0.242 e. The molecule has 1 amide bonds. The summed E-state index contributed by atoms with van der Waals surface area (Å²) in [5.41, 5.74) is -0.388. The number of amides is 1. The molecule has 0 aromatic heterocycles. The molecule has 5 nitrogen and oxygen atoms in total. The largest absolute Gasteiger partial charge is 0.344 e. The predicted octanol–water partition coefficient (Wildman–Crippen LogP) is 0.0803. The summed E-state index contributed by atoms with van der Waals surface area (Å²) in [4.78, 5) is 19.4. The Kier molecular flexibility index (Phi) is 5.04. The lowest BCUT2D eigenvalue weighted by Crippen LogP contribution is -2.60. The van der Waals surface area contributed by atoms with Gasteiger partial charge >= 0.3 is 0 Å². The molecule has 1 atom stereocenters. The van der Waals surface area contributed by atoms with E-state index in [-0.39, 0.29) is 11.4 Å². The van der Waals surface area contributed by atoms with Crippen molar-refractivity contribution in [3.05, 3.63) is 0 Å². The molecule has 0 aromatic carbocycles. The second kappa shape index (κ2) is 6.41. The molecule has 2 rings (SSSR count). The molecule has 20 heavy (non-hydrogen) atoms. The van der Waals surface area contributed by atoms with Crippen molar-refractivity contribution >= 4 is 5.91 Å². The number of nitrogens with zero attached hydrogens (tertiary/aromatic N) is 3. The number of carbonyl (C=O) groups excluding carboxylic acids is 1. The van der Waals surface area contributed by atoms with Gasteiger partial charge < -0.3 is 15.1 Å². The van der Waals surface area contributed by atoms with Gasteiger partial charge in [-0.2, -0.15) is 0 Å². The van der Waals surface area contributed by atoms with Gasteiger partial charge in [-0.25, -0.2) is 0 Å². The molecule has 2 heterocycles. The normalized spacial score (nSPS) is 25.9. The SMILES string of the molecule is CN1CCC(CN(C)C(=O)C(C)(C)N2CCNCC2)C1.